The van der Waals surface area contributed by atoms with Gasteiger partial charge in [-0.3, -0.25) is 0 Å². The average molecular weight is 372 g/mol. The minimum atomic E-state index is -4.71. The van der Waals surface area contributed by atoms with E-state index in [4.69, 9.17) is 0 Å². The van der Waals surface area contributed by atoms with E-state index in [1.165, 1.54) is 6.07 Å². The molecule has 1 heterocycles. The van der Waals surface area contributed by atoms with Crippen molar-refractivity contribution in [1.82, 2.24) is 4.31 Å². The molecule has 0 spiro atoms. The van der Waals surface area contributed by atoms with Crippen LogP contribution in [0.4, 0.5) is 13.2 Å². The van der Waals surface area contributed by atoms with E-state index in [0.717, 1.165) is 22.9 Å². The zero-order valence-electron chi connectivity index (χ0n) is 10.5. The Bertz CT molecular complexity index is 595. The second-order valence-corrected chi connectivity index (χ2v) is 7.43. The van der Waals surface area contributed by atoms with Crippen LogP contribution >= 0.6 is 15.9 Å². The van der Waals surface area contributed by atoms with Crippen LogP contribution in [0.1, 0.15) is 24.8 Å². The molecular formula is C12H13BrF3NO2S. The van der Waals surface area contributed by atoms with E-state index in [-0.39, 0.29) is 17.6 Å². The molecule has 0 radical (unpaired) electrons. The van der Waals surface area contributed by atoms with E-state index in [9.17, 15) is 21.6 Å². The highest BCUT2D eigenvalue weighted by Gasteiger charge is 2.39. The van der Waals surface area contributed by atoms with Crippen molar-refractivity contribution in [3.05, 3.63) is 28.2 Å². The lowest BCUT2D eigenvalue weighted by molar-refractivity contribution is -0.140. The zero-order valence-corrected chi connectivity index (χ0v) is 12.9. The summed E-state index contributed by atoms with van der Waals surface area (Å²) in [6, 6.07) is 3.12. The number of alkyl halides is 3. The molecule has 0 bridgehead atoms. The molecular weight excluding hydrogens is 359 g/mol. The Morgan fingerprint density at radius 3 is 2.25 bits per heavy atom. The molecule has 1 saturated heterocycles. The van der Waals surface area contributed by atoms with E-state index < -0.39 is 26.7 Å². The van der Waals surface area contributed by atoms with Crippen LogP contribution in [0, 0.1) is 0 Å². The first-order chi connectivity index (χ1) is 9.23. The summed E-state index contributed by atoms with van der Waals surface area (Å²) >= 11 is 2.94. The van der Waals surface area contributed by atoms with Gasteiger partial charge in [0, 0.05) is 17.6 Å². The number of rotatable bonds is 2. The zero-order chi connectivity index (χ0) is 15.0. The third-order valence-electron chi connectivity index (χ3n) is 3.18. The largest absolute Gasteiger partial charge is 0.417 e. The van der Waals surface area contributed by atoms with Crippen LogP contribution in [0.25, 0.3) is 0 Å². The van der Waals surface area contributed by atoms with Crippen molar-refractivity contribution < 1.29 is 21.6 Å². The van der Waals surface area contributed by atoms with Gasteiger partial charge in [0.25, 0.3) is 0 Å². The van der Waals surface area contributed by atoms with E-state index in [0.29, 0.717) is 12.8 Å². The van der Waals surface area contributed by atoms with E-state index in [1.54, 1.807) is 0 Å². The molecule has 3 nitrogen and oxygen atoms in total. The van der Waals surface area contributed by atoms with E-state index in [2.05, 4.69) is 15.9 Å². The molecule has 0 amide bonds. The summed E-state index contributed by atoms with van der Waals surface area (Å²) in [4.78, 5) is -0.671. The van der Waals surface area contributed by atoms with Crippen LogP contribution in [-0.2, 0) is 16.2 Å². The predicted molar refractivity (Wildman–Crippen MR) is 71.8 cm³/mol. The van der Waals surface area contributed by atoms with Crippen molar-refractivity contribution in [1.29, 1.82) is 0 Å². The van der Waals surface area contributed by atoms with Crippen molar-refractivity contribution in [2.45, 2.75) is 30.3 Å². The minimum absolute atomic E-state index is 0.197. The third-order valence-corrected chi connectivity index (χ3v) is 5.63. The molecule has 1 aromatic carbocycles. The van der Waals surface area contributed by atoms with Crippen LogP contribution < -0.4 is 0 Å². The first-order valence-corrected chi connectivity index (χ1v) is 8.33. The summed E-state index contributed by atoms with van der Waals surface area (Å²) in [5.41, 5.74) is -1.13. The van der Waals surface area contributed by atoms with Gasteiger partial charge in [0.05, 0.1) is 10.5 Å². The smallest absolute Gasteiger partial charge is 0.207 e. The van der Waals surface area contributed by atoms with E-state index >= 15 is 0 Å². The van der Waals surface area contributed by atoms with Gasteiger partial charge in [-0.1, -0.05) is 22.4 Å². The Hall–Kier alpha value is -0.600. The van der Waals surface area contributed by atoms with Crippen LogP contribution in [0.5, 0.6) is 0 Å². The van der Waals surface area contributed by atoms with Gasteiger partial charge in [0.15, 0.2) is 0 Å². The molecule has 0 atom stereocenters. The molecule has 2 rings (SSSR count). The number of halogens is 4. The highest BCUT2D eigenvalue weighted by Crippen LogP contribution is 2.37. The lowest BCUT2D eigenvalue weighted by Gasteiger charge is -2.27. The molecule has 1 aliphatic rings. The summed E-state index contributed by atoms with van der Waals surface area (Å²) in [5, 5.41) is 0. The molecule has 0 unspecified atom stereocenters. The van der Waals surface area contributed by atoms with Gasteiger partial charge in [-0.05, 0) is 31.0 Å². The fraction of sp³-hybridized carbons (Fsp3) is 0.500. The Kier molecular flexibility index (Phi) is 4.46. The SMILES string of the molecule is O=S(=O)(c1ccc(Br)cc1C(F)(F)F)N1CCCCC1. The predicted octanol–water partition coefficient (Wildman–Crippen LogP) is 3.64. The van der Waals surface area contributed by atoms with Crippen molar-refractivity contribution in [3.63, 3.8) is 0 Å². The van der Waals surface area contributed by atoms with Gasteiger partial charge < -0.3 is 0 Å². The van der Waals surface area contributed by atoms with Crippen LogP contribution in [0.15, 0.2) is 27.6 Å². The summed E-state index contributed by atoms with van der Waals surface area (Å²) in [6.07, 6.45) is -2.45. The highest BCUT2D eigenvalue weighted by atomic mass is 79.9. The maximum atomic E-state index is 13.0. The third kappa shape index (κ3) is 3.17. The molecule has 0 saturated carbocycles. The van der Waals surface area contributed by atoms with Crippen molar-refractivity contribution in [2.24, 2.45) is 0 Å². The number of piperidine rings is 1. The summed E-state index contributed by atoms with van der Waals surface area (Å²) < 4.78 is 65.2. The number of hydrogen-bond donors (Lipinski definition) is 0. The highest BCUT2D eigenvalue weighted by molar-refractivity contribution is 9.10. The molecule has 0 aliphatic carbocycles. The fourth-order valence-electron chi connectivity index (χ4n) is 2.19. The first kappa shape index (κ1) is 15.8. The number of hydrogen-bond acceptors (Lipinski definition) is 2. The summed E-state index contributed by atoms with van der Waals surface area (Å²) in [5.74, 6) is 0. The van der Waals surface area contributed by atoms with Gasteiger partial charge >= 0.3 is 6.18 Å². The minimum Gasteiger partial charge on any atom is -0.207 e. The molecule has 112 valence electrons. The Morgan fingerprint density at radius 1 is 1.10 bits per heavy atom. The number of nitrogens with zero attached hydrogens (tertiary/aromatic N) is 1. The van der Waals surface area contributed by atoms with Gasteiger partial charge in [0.1, 0.15) is 0 Å². The molecule has 8 heteroatoms. The van der Waals surface area contributed by atoms with E-state index in [1.807, 2.05) is 0 Å². The van der Waals surface area contributed by atoms with Gasteiger partial charge in [0.2, 0.25) is 10.0 Å². The second kappa shape index (κ2) is 5.65. The van der Waals surface area contributed by atoms with Gasteiger partial charge in [-0.15, -0.1) is 0 Å². The maximum Gasteiger partial charge on any atom is 0.417 e. The molecule has 1 aliphatic heterocycles. The quantitative estimate of drug-likeness (QED) is 0.795. The van der Waals surface area contributed by atoms with Crippen LogP contribution in [0.3, 0.4) is 0 Å². The first-order valence-electron chi connectivity index (χ1n) is 6.10. The van der Waals surface area contributed by atoms with Gasteiger partial charge in [-0.25, -0.2) is 8.42 Å². The monoisotopic (exact) mass is 371 g/mol. The summed E-state index contributed by atoms with van der Waals surface area (Å²) in [7, 11) is -4.10. The standard InChI is InChI=1S/C12H13BrF3NO2S/c13-9-4-5-11(10(8-9)12(14,15)16)20(18,19)17-6-2-1-3-7-17/h4-5,8H,1-3,6-7H2. The van der Waals surface area contributed by atoms with Crippen molar-refractivity contribution in [2.75, 3.05) is 13.1 Å². The Balaban J connectivity index is 2.51. The summed E-state index contributed by atoms with van der Waals surface area (Å²) in [6.45, 7) is 0.547. The molecule has 0 N–H and O–H groups in total. The molecule has 1 aromatic rings. The number of sulfonamides is 1. The second-order valence-electron chi connectivity index (χ2n) is 4.60. The average Bonchev–Trinajstić information content (AvgIpc) is 2.38. The van der Waals surface area contributed by atoms with Gasteiger partial charge in [-0.2, -0.15) is 17.5 Å². The van der Waals surface area contributed by atoms with Crippen LogP contribution in [-0.4, -0.2) is 25.8 Å². The fourth-order valence-corrected chi connectivity index (χ4v) is 4.26. The maximum absolute atomic E-state index is 13.0. The lowest BCUT2D eigenvalue weighted by atomic mass is 10.2. The molecule has 0 aromatic heterocycles. The topological polar surface area (TPSA) is 37.4 Å². The van der Waals surface area contributed by atoms with Crippen molar-refractivity contribution >= 4 is 26.0 Å². The molecule has 1 fully saturated rings. The Morgan fingerprint density at radius 2 is 1.70 bits per heavy atom. The number of benzene rings is 1. The lowest BCUT2D eigenvalue weighted by Crippen LogP contribution is -2.36. The van der Waals surface area contributed by atoms with Crippen LogP contribution in [0.2, 0.25) is 0 Å². The van der Waals surface area contributed by atoms with Crippen molar-refractivity contribution in [3.8, 4) is 0 Å². The normalized spacial score (nSPS) is 18.2. The molecule has 20 heavy (non-hydrogen) atoms. The Labute approximate surface area is 123 Å².